The third kappa shape index (κ3) is 5.00. The Morgan fingerprint density at radius 1 is 1.28 bits per heavy atom. The van der Waals surface area contributed by atoms with Gasteiger partial charge in [0.1, 0.15) is 5.82 Å². The molecule has 0 unspecified atom stereocenters. The van der Waals surface area contributed by atoms with Crippen molar-refractivity contribution in [1.29, 1.82) is 0 Å². The Hall–Kier alpha value is -1.16. The molecule has 0 atom stereocenters. The second-order valence-electron chi connectivity index (χ2n) is 4.97. The first-order valence-corrected chi connectivity index (χ1v) is 6.93. The van der Waals surface area contributed by atoms with Gasteiger partial charge in [-0.3, -0.25) is 4.98 Å². The molecule has 18 heavy (non-hydrogen) atoms. The normalized spacial score (nSPS) is 10.9. The molecular weight excluding hydrogens is 224 g/mol. The lowest BCUT2D eigenvalue weighted by molar-refractivity contribution is 0.547. The van der Waals surface area contributed by atoms with Gasteiger partial charge in [-0.1, -0.05) is 20.8 Å². The van der Waals surface area contributed by atoms with Crippen LogP contribution in [0.2, 0.25) is 0 Å². The van der Waals surface area contributed by atoms with Crippen LogP contribution < -0.4 is 10.2 Å². The second-order valence-corrected chi connectivity index (χ2v) is 4.97. The van der Waals surface area contributed by atoms with E-state index in [9.17, 15) is 0 Å². The van der Waals surface area contributed by atoms with E-state index >= 15 is 0 Å². The molecule has 4 nitrogen and oxygen atoms in total. The van der Waals surface area contributed by atoms with Crippen LogP contribution in [0, 0.1) is 5.92 Å². The van der Waals surface area contributed by atoms with Gasteiger partial charge >= 0.3 is 0 Å². The van der Waals surface area contributed by atoms with Gasteiger partial charge in [0.2, 0.25) is 0 Å². The Balaban J connectivity index is 2.60. The fraction of sp³-hybridized carbons (Fsp3) is 0.714. The average Bonchev–Trinajstić information content (AvgIpc) is 2.36. The lowest BCUT2D eigenvalue weighted by Crippen LogP contribution is -2.26. The van der Waals surface area contributed by atoms with Crippen molar-refractivity contribution in [2.24, 2.45) is 5.92 Å². The number of aromatic nitrogens is 2. The predicted molar refractivity (Wildman–Crippen MR) is 76.8 cm³/mol. The number of anilines is 1. The topological polar surface area (TPSA) is 41.1 Å². The summed E-state index contributed by atoms with van der Waals surface area (Å²) in [5.74, 6) is 1.65. The van der Waals surface area contributed by atoms with Crippen LogP contribution in [0.25, 0.3) is 0 Å². The Bertz CT molecular complexity index is 338. The van der Waals surface area contributed by atoms with Gasteiger partial charge in [0.05, 0.1) is 11.9 Å². The zero-order valence-corrected chi connectivity index (χ0v) is 12.1. The molecule has 102 valence electrons. The Labute approximate surface area is 111 Å². The SMILES string of the molecule is CCCN(CC)c1cncc(CNCC(C)C)n1. The van der Waals surface area contributed by atoms with Crippen molar-refractivity contribution in [2.45, 2.75) is 40.7 Å². The maximum Gasteiger partial charge on any atom is 0.147 e. The number of hydrogen-bond donors (Lipinski definition) is 1. The van der Waals surface area contributed by atoms with Gasteiger partial charge in [0.15, 0.2) is 0 Å². The number of hydrogen-bond acceptors (Lipinski definition) is 4. The van der Waals surface area contributed by atoms with Crippen LogP contribution in [0.4, 0.5) is 5.82 Å². The van der Waals surface area contributed by atoms with Gasteiger partial charge in [-0.15, -0.1) is 0 Å². The Kier molecular flexibility index (Phi) is 6.65. The third-order valence-electron chi connectivity index (χ3n) is 2.73. The maximum absolute atomic E-state index is 4.66. The molecule has 0 spiro atoms. The molecule has 1 N–H and O–H groups in total. The summed E-state index contributed by atoms with van der Waals surface area (Å²) in [6.45, 7) is 12.6. The molecule has 1 aromatic rings. The summed E-state index contributed by atoms with van der Waals surface area (Å²) in [7, 11) is 0. The third-order valence-corrected chi connectivity index (χ3v) is 2.73. The molecule has 1 aromatic heterocycles. The first kappa shape index (κ1) is 14.9. The maximum atomic E-state index is 4.66. The Morgan fingerprint density at radius 3 is 2.67 bits per heavy atom. The zero-order valence-electron chi connectivity index (χ0n) is 12.1. The van der Waals surface area contributed by atoms with Crippen LogP contribution in [0.15, 0.2) is 12.4 Å². The summed E-state index contributed by atoms with van der Waals surface area (Å²) < 4.78 is 0. The van der Waals surface area contributed by atoms with Gasteiger partial charge in [0.25, 0.3) is 0 Å². The van der Waals surface area contributed by atoms with E-state index in [4.69, 9.17) is 0 Å². The zero-order chi connectivity index (χ0) is 13.4. The lowest BCUT2D eigenvalue weighted by atomic mass is 10.2. The summed E-state index contributed by atoms with van der Waals surface area (Å²) in [5, 5.41) is 3.40. The van der Waals surface area contributed by atoms with Crippen LogP contribution in [0.5, 0.6) is 0 Å². The van der Waals surface area contributed by atoms with Crippen LogP contribution in [0.3, 0.4) is 0 Å². The summed E-state index contributed by atoms with van der Waals surface area (Å²) in [4.78, 5) is 11.2. The van der Waals surface area contributed by atoms with Crippen molar-refractivity contribution < 1.29 is 0 Å². The van der Waals surface area contributed by atoms with E-state index in [1.807, 2.05) is 12.4 Å². The van der Waals surface area contributed by atoms with Gasteiger partial charge in [0, 0.05) is 25.8 Å². The monoisotopic (exact) mass is 250 g/mol. The van der Waals surface area contributed by atoms with E-state index in [1.165, 1.54) is 0 Å². The van der Waals surface area contributed by atoms with Gasteiger partial charge in [-0.05, 0) is 25.8 Å². The lowest BCUT2D eigenvalue weighted by Gasteiger charge is -2.21. The molecular formula is C14H26N4. The molecule has 0 radical (unpaired) electrons. The molecule has 0 fully saturated rings. The Morgan fingerprint density at radius 2 is 2.06 bits per heavy atom. The van der Waals surface area contributed by atoms with E-state index in [1.54, 1.807) is 0 Å². The van der Waals surface area contributed by atoms with Gasteiger partial charge in [-0.2, -0.15) is 0 Å². The van der Waals surface area contributed by atoms with Crippen molar-refractivity contribution in [3.05, 3.63) is 18.1 Å². The molecule has 4 heteroatoms. The summed E-state index contributed by atoms with van der Waals surface area (Å²) in [5.41, 5.74) is 1.02. The summed E-state index contributed by atoms with van der Waals surface area (Å²) in [6, 6.07) is 0. The van der Waals surface area contributed by atoms with Crippen molar-refractivity contribution in [3.63, 3.8) is 0 Å². The fourth-order valence-electron chi connectivity index (χ4n) is 1.83. The highest BCUT2D eigenvalue weighted by molar-refractivity contribution is 5.35. The van der Waals surface area contributed by atoms with Crippen LogP contribution in [-0.4, -0.2) is 29.6 Å². The van der Waals surface area contributed by atoms with E-state index < -0.39 is 0 Å². The smallest absolute Gasteiger partial charge is 0.147 e. The van der Waals surface area contributed by atoms with Crippen molar-refractivity contribution in [2.75, 3.05) is 24.5 Å². The van der Waals surface area contributed by atoms with Crippen molar-refractivity contribution >= 4 is 5.82 Å². The molecule has 0 bridgehead atoms. The number of rotatable bonds is 8. The van der Waals surface area contributed by atoms with Crippen molar-refractivity contribution in [1.82, 2.24) is 15.3 Å². The molecule has 1 rings (SSSR count). The molecule has 0 aliphatic carbocycles. The average molecular weight is 250 g/mol. The number of nitrogens with zero attached hydrogens (tertiary/aromatic N) is 3. The highest BCUT2D eigenvalue weighted by Gasteiger charge is 2.06. The minimum atomic E-state index is 0.661. The quantitative estimate of drug-likeness (QED) is 0.769. The number of nitrogens with one attached hydrogen (secondary N) is 1. The van der Waals surface area contributed by atoms with Crippen LogP contribution in [0.1, 0.15) is 39.8 Å². The molecule has 0 amide bonds. The molecule has 0 aliphatic heterocycles. The van der Waals surface area contributed by atoms with Gasteiger partial charge < -0.3 is 10.2 Å². The second kappa shape index (κ2) is 8.03. The van der Waals surface area contributed by atoms with Crippen LogP contribution >= 0.6 is 0 Å². The standard InChI is InChI=1S/C14H26N4/c1-5-7-18(6-2)14-11-16-10-13(17-14)9-15-8-12(3)4/h10-12,15H,5-9H2,1-4H3. The van der Waals surface area contributed by atoms with E-state index in [2.05, 4.69) is 47.9 Å². The minimum Gasteiger partial charge on any atom is -0.356 e. The summed E-state index contributed by atoms with van der Waals surface area (Å²) >= 11 is 0. The largest absolute Gasteiger partial charge is 0.356 e. The molecule has 0 saturated carbocycles. The van der Waals surface area contributed by atoms with E-state index in [0.717, 1.165) is 44.1 Å². The molecule has 1 heterocycles. The fourth-order valence-corrected chi connectivity index (χ4v) is 1.83. The highest BCUT2D eigenvalue weighted by atomic mass is 15.2. The minimum absolute atomic E-state index is 0.661. The van der Waals surface area contributed by atoms with Crippen LogP contribution in [-0.2, 0) is 6.54 Å². The summed E-state index contributed by atoms with van der Waals surface area (Å²) in [6.07, 6.45) is 4.83. The molecule has 0 aromatic carbocycles. The first-order chi connectivity index (χ1) is 8.67. The van der Waals surface area contributed by atoms with E-state index in [-0.39, 0.29) is 0 Å². The predicted octanol–water partition coefficient (Wildman–Crippen LogP) is 2.46. The highest BCUT2D eigenvalue weighted by Crippen LogP contribution is 2.09. The van der Waals surface area contributed by atoms with Crippen molar-refractivity contribution in [3.8, 4) is 0 Å². The van der Waals surface area contributed by atoms with E-state index in [0.29, 0.717) is 5.92 Å². The first-order valence-electron chi connectivity index (χ1n) is 6.93. The van der Waals surface area contributed by atoms with Gasteiger partial charge in [-0.25, -0.2) is 4.98 Å². The molecule has 0 saturated heterocycles. The molecule has 0 aliphatic rings.